The second kappa shape index (κ2) is 21.2. The van der Waals surface area contributed by atoms with Crippen LogP contribution in [0.3, 0.4) is 0 Å². The number of pyridine rings is 1. The predicted octanol–water partition coefficient (Wildman–Crippen LogP) is 15.3. The zero-order valence-electron chi connectivity index (χ0n) is 40.4. The van der Waals surface area contributed by atoms with Gasteiger partial charge in [0.2, 0.25) is 0 Å². The van der Waals surface area contributed by atoms with Crippen LogP contribution in [0.4, 0.5) is 0 Å². The van der Waals surface area contributed by atoms with Gasteiger partial charge in [-0.2, -0.15) is 0 Å². The van der Waals surface area contributed by atoms with Gasteiger partial charge in [-0.25, -0.2) is 4.98 Å². The number of methoxy groups -OCH3 is 2. The number of Topliss-reactive ketones (excluding diaryl/α,β-unsaturated/α-hetero) is 2. The number of nitrogens with zero attached hydrogens (tertiary/aromatic N) is 2. The Balaban J connectivity index is 0.000000212. The van der Waals surface area contributed by atoms with E-state index in [1.54, 1.807) is 21.1 Å². The van der Waals surface area contributed by atoms with Crippen LogP contribution in [0.2, 0.25) is 0 Å². The molecule has 0 bridgehead atoms. The Bertz CT molecular complexity index is 2500. The molecule has 4 aromatic carbocycles. The van der Waals surface area contributed by atoms with Crippen molar-refractivity contribution in [1.29, 1.82) is 0 Å². The fourth-order valence-corrected chi connectivity index (χ4v) is 9.70. The normalized spacial score (nSPS) is 14.1. The predicted molar refractivity (Wildman–Crippen MR) is 274 cm³/mol. The van der Waals surface area contributed by atoms with Crippen molar-refractivity contribution in [2.24, 2.45) is 0 Å². The molecule has 2 aliphatic rings. The van der Waals surface area contributed by atoms with Gasteiger partial charge in [0.05, 0.1) is 31.2 Å². The van der Waals surface area contributed by atoms with Crippen molar-refractivity contribution < 1.29 is 19.1 Å². The molecule has 7 rings (SSSR count). The summed E-state index contributed by atoms with van der Waals surface area (Å²) in [5.74, 6) is 1.80. The highest BCUT2D eigenvalue weighted by Gasteiger charge is 2.44. The lowest BCUT2D eigenvalue weighted by molar-refractivity contribution is 0.101. The third kappa shape index (κ3) is 11.5. The summed E-state index contributed by atoms with van der Waals surface area (Å²) in [4.78, 5) is 30.6. The second-order valence-electron chi connectivity index (χ2n) is 19.4. The van der Waals surface area contributed by atoms with Crippen molar-refractivity contribution in [3.05, 3.63) is 145 Å². The fourth-order valence-electron chi connectivity index (χ4n) is 8.72. The SMILES string of the molecule is CC(=O)c1cc(Br)cc(C(C)(C)C)c1.CCCCC1(CCCC)c2ccc(-c3cc(Br)cc(C(C)(C)C)c3)nc2-c2c(OC)cccc21.COc1cccc2c1C(=O)/C(=C/N(C)C)C2. The van der Waals surface area contributed by atoms with Crippen LogP contribution in [-0.4, -0.2) is 49.8 Å². The largest absolute Gasteiger partial charge is 0.496 e. The average molecular weight is 993 g/mol. The molecule has 0 radical (unpaired) electrons. The van der Waals surface area contributed by atoms with Crippen molar-refractivity contribution in [3.8, 4) is 34.0 Å². The van der Waals surface area contributed by atoms with E-state index in [0.29, 0.717) is 12.2 Å². The van der Waals surface area contributed by atoms with Gasteiger partial charge in [0.15, 0.2) is 11.6 Å². The van der Waals surface area contributed by atoms with E-state index in [-0.39, 0.29) is 27.8 Å². The van der Waals surface area contributed by atoms with E-state index >= 15 is 0 Å². The molecule has 1 aromatic heterocycles. The third-order valence-electron chi connectivity index (χ3n) is 12.2. The smallest absolute Gasteiger partial charge is 0.194 e. The Morgan fingerprint density at radius 3 is 1.86 bits per heavy atom. The first kappa shape index (κ1) is 50.5. The van der Waals surface area contributed by atoms with Crippen LogP contribution in [0.25, 0.3) is 22.5 Å². The molecule has 2 aliphatic carbocycles. The number of halogens is 2. The first-order chi connectivity index (χ1) is 30.2. The number of ketones is 2. The van der Waals surface area contributed by atoms with Crippen molar-refractivity contribution in [2.75, 3.05) is 28.3 Å². The Kier molecular flexibility index (Phi) is 16.7. The van der Waals surface area contributed by atoms with Gasteiger partial charge in [-0.3, -0.25) is 9.59 Å². The Morgan fingerprint density at radius 1 is 0.750 bits per heavy atom. The van der Waals surface area contributed by atoms with Crippen molar-refractivity contribution in [1.82, 2.24) is 9.88 Å². The molecule has 0 atom stereocenters. The van der Waals surface area contributed by atoms with Gasteiger partial charge in [0.1, 0.15) is 11.5 Å². The number of allylic oxidation sites excluding steroid dienone is 1. The summed E-state index contributed by atoms with van der Waals surface area (Å²) in [7, 11) is 7.21. The number of fused-ring (bicyclic) bond motifs is 4. The van der Waals surface area contributed by atoms with Crippen molar-refractivity contribution >= 4 is 43.4 Å². The van der Waals surface area contributed by atoms with Crippen LogP contribution in [0.1, 0.15) is 149 Å². The molecule has 8 heteroatoms. The maximum absolute atomic E-state index is 12.1. The lowest BCUT2D eigenvalue weighted by Crippen LogP contribution is -2.25. The van der Waals surface area contributed by atoms with Crippen LogP contribution >= 0.6 is 31.9 Å². The van der Waals surface area contributed by atoms with E-state index in [0.717, 1.165) is 66.8 Å². The van der Waals surface area contributed by atoms with Gasteiger partial charge in [-0.15, -0.1) is 0 Å². The van der Waals surface area contributed by atoms with Crippen LogP contribution in [0.5, 0.6) is 11.5 Å². The molecule has 1 heterocycles. The van der Waals surface area contributed by atoms with Crippen molar-refractivity contribution in [3.63, 3.8) is 0 Å². The van der Waals surface area contributed by atoms with Crippen LogP contribution in [0, 0.1) is 0 Å². The third-order valence-corrected chi connectivity index (χ3v) is 13.1. The van der Waals surface area contributed by atoms with E-state index in [9.17, 15) is 9.59 Å². The molecular weight excluding hydrogens is 924 g/mol. The minimum atomic E-state index is 0.0185. The van der Waals surface area contributed by atoms with Crippen LogP contribution < -0.4 is 9.47 Å². The maximum Gasteiger partial charge on any atom is 0.194 e. The van der Waals surface area contributed by atoms with E-state index in [4.69, 9.17) is 14.5 Å². The number of hydrogen-bond acceptors (Lipinski definition) is 6. The van der Waals surface area contributed by atoms with Gasteiger partial charge in [-0.05, 0) is 113 Å². The quantitative estimate of drug-likeness (QED) is 0.0970. The highest BCUT2D eigenvalue weighted by molar-refractivity contribution is 9.10. The first-order valence-electron chi connectivity index (χ1n) is 22.6. The molecule has 0 spiro atoms. The maximum atomic E-state index is 12.1. The monoisotopic (exact) mass is 990 g/mol. The molecule has 0 saturated carbocycles. The summed E-state index contributed by atoms with van der Waals surface area (Å²) in [5.41, 5.74) is 13.3. The number of ether oxygens (including phenoxy) is 2. The number of carbonyl (C=O) groups is 2. The Labute approximate surface area is 400 Å². The number of benzene rings is 4. The van der Waals surface area contributed by atoms with Gasteiger partial charge in [0, 0.05) is 63.3 Å². The zero-order chi connectivity index (χ0) is 47.1. The summed E-state index contributed by atoms with van der Waals surface area (Å²) >= 11 is 7.16. The van der Waals surface area contributed by atoms with E-state index in [1.165, 1.54) is 53.5 Å². The molecule has 5 aromatic rings. The number of rotatable bonds is 11. The Morgan fingerprint density at radius 2 is 1.31 bits per heavy atom. The summed E-state index contributed by atoms with van der Waals surface area (Å²) < 4.78 is 13.2. The van der Waals surface area contributed by atoms with E-state index in [2.05, 4.69) is 142 Å². The Hall–Kier alpha value is -4.53. The minimum Gasteiger partial charge on any atom is -0.496 e. The number of aromatic nitrogens is 1. The molecule has 0 N–H and O–H groups in total. The molecule has 0 fully saturated rings. The fraction of sp³-hybridized carbons (Fsp3) is 0.411. The van der Waals surface area contributed by atoms with E-state index in [1.807, 2.05) is 55.5 Å². The zero-order valence-corrected chi connectivity index (χ0v) is 43.6. The molecular formula is C56H68Br2N2O4. The van der Waals surface area contributed by atoms with Gasteiger partial charge < -0.3 is 14.4 Å². The number of unbranched alkanes of at least 4 members (excludes halogenated alkanes) is 2. The van der Waals surface area contributed by atoms with Gasteiger partial charge in [-0.1, -0.05) is 143 Å². The summed E-state index contributed by atoms with van der Waals surface area (Å²) in [5, 5.41) is 0. The van der Waals surface area contributed by atoms with Gasteiger partial charge in [0.25, 0.3) is 0 Å². The molecule has 0 unspecified atom stereocenters. The standard InChI is InChI=1S/C31H38BrNO.C13H15NO2.C12H15BrO/c1-7-9-16-31(17-10-8-2)24-12-11-13-27(34-6)28(24)29-25(31)14-15-26(33-29)21-18-22(30(3,4)5)20-23(32)19-21;1-14(2)8-10-7-9-5-4-6-11(16-3)12(9)13(10)15;1-8(14)9-5-10(12(2,3)4)7-11(13)6-9/h11-15,18-20H,7-10,16-17H2,1-6H3;4-6,8H,7H2,1-3H3;5-7H,1-4H3/b;10-8+;. The molecule has 6 nitrogen and oxygen atoms in total. The topological polar surface area (TPSA) is 68.7 Å². The molecule has 0 saturated heterocycles. The summed E-state index contributed by atoms with van der Waals surface area (Å²) in [6.07, 6.45) is 9.70. The minimum absolute atomic E-state index is 0.0185. The number of hydrogen-bond donors (Lipinski definition) is 0. The van der Waals surface area contributed by atoms with Gasteiger partial charge >= 0.3 is 0 Å². The number of carbonyl (C=O) groups excluding carboxylic acids is 2. The summed E-state index contributed by atoms with van der Waals surface area (Å²) in [6, 6.07) is 29.5. The van der Waals surface area contributed by atoms with Crippen molar-refractivity contribution in [2.45, 2.75) is 124 Å². The lowest BCUT2D eigenvalue weighted by atomic mass is 9.71. The lowest BCUT2D eigenvalue weighted by Gasteiger charge is -2.32. The van der Waals surface area contributed by atoms with Crippen LogP contribution in [0.15, 0.2) is 106 Å². The molecule has 0 aliphatic heterocycles. The highest BCUT2D eigenvalue weighted by Crippen LogP contribution is 2.56. The average Bonchev–Trinajstić information content (AvgIpc) is 3.71. The second-order valence-corrected chi connectivity index (χ2v) is 21.2. The molecule has 340 valence electrons. The molecule has 64 heavy (non-hydrogen) atoms. The summed E-state index contributed by atoms with van der Waals surface area (Å²) in [6.45, 7) is 19.3. The van der Waals surface area contributed by atoms with E-state index < -0.39 is 0 Å². The first-order valence-corrected chi connectivity index (χ1v) is 24.2. The molecule has 0 amide bonds. The highest BCUT2D eigenvalue weighted by atomic mass is 79.9. The van der Waals surface area contributed by atoms with Crippen LogP contribution in [-0.2, 0) is 22.7 Å².